The van der Waals surface area contributed by atoms with Crippen LogP contribution in [0.4, 0.5) is 0 Å². The Morgan fingerprint density at radius 1 is 1.40 bits per heavy atom. The number of esters is 1. The number of aryl methyl sites for hydroxylation is 1. The number of ether oxygens (including phenoxy) is 2. The number of carbonyl (C=O) groups is 1. The molecule has 7 heteroatoms. The molecule has 3 heterocycles. The Kier molecular flexibility index (Phi) is 4.85. The Bertz CT molecular complexity index is 749. The molecule has 6 nitrogen and oxygen atoms in total. The summed E-state index contributed by atoms with van der Waals surface area (Å²) in [5.41, 5.74) is 1.75. The number of fused-ring (bicyclic) bond motifs is 1. The van der Waals surface area contributed by atoms with E-state index in [4.69, 9.17) is 14.5 Å². The van der Waals surface area contributed by atoms with Gasteiger partial charge >= 0.3 is 5.97 Å². The molecule has 2 aromatic heterocycles. The second kappa shape index (κ2) is 7.25. The second-order valence-electron chi connectivity index (χ2n) is 6.53. The minimum atomic E-state index is -0.225. The number of carbonyl (C=O) groups excluding carboxylic acids is 1. The molecule has 0 spiro atoms. The van der Waals surface area contributed by atoms with Gasteiger partial charge in [0.15, 0.2) is 0 Å². The van der Waals surface area contributed by atoms with Crippen molar-refractivity contribution in [2.75, 3.05) is 13.2 Å². The fraction of sp³-hybridized carbons (Fsp3) is 0.611. The third kappa shape index (κ3) is 3.35. The minimum Gasteiger partial charge on any atom is -0.465 e. The highest BCUT2D eigenvalue weighted by molar-refractivity contribution is 7.15. The largest absolute Gasteiger partial charge is 0.465 e. The SMILES string of the molecule is CCOC(=O)C1CCCc2sc(-c3ccn(C4CCCCO4)n3)nc21. The maximum atomic E-state index is 12.2. The van der Waals surface area contributed by atoms with E-state index >= 15 is 0 Å². The van der Waals surface area contributed by atoms with Crippen LogP contribution in [0.25, 0.3) is 10.7 Å². The maximum Gasteiger partial charge on any atom is 0.315 e. The molecule has 2 atom stereocenters. The molecule has 0 bridgehead atoms. The summed E-state index contributed by atoms with van der Waals surface area (Å²) in [4.78, 5) is 18.2. The number of hydrogen-bond donors (Lipinski definition) is 0. The molecule has 0 saturated carbocycles. The van der Waals surface area contributed by atoms with Crippen LogP contribution in [-0.4, -0.2) is 33.9 Å². The van der Waals surface area contributed by atoms with E-state index in [9.17, 15) is 4.79 Å². The van der Waals surface area contributed by atoms with E-state index in [2.05, 4.69) is 5.10 Å². The van der Waals surface area contributed by atoms with E-state index in [0.29, 0.717) is 6.61 Å². The van der Waals surface area contributed by atoms with Crippen molar-refractivity contribution in [3.63, 3.8) is 0 Å². The van der Waals surface area contributed by atoms with Crippen molar-refractivity contribution in [3.05, 3.63) is 22.8 Å². The number of rotatable bonds is 4. The van der Waals surface area contributed by atoms with Crippen LogP contribution < -0.4 is 0 Å². The first-order chi connectivity index (χ1) is 12.3. The summed E-state index contributed by atoms with van der Waals surface area (Å²) in [5, 5.41) is 5.56. The van der Waals surface area contributed by atoms with Gasteiger partial charge in [0.25, 0.3) is 0 Å². The summed E-state index contributed by atoms with van der Waals surface area (Å²) in [7, 11) is 0. The zero-order chi connectivity index (χ0) is 17.2. The van der Waals surface area contributed by atoms with Gasteiger partial charge in [0.2, 0.25) is 0 Å². The molecule has 1 fully saturated rings. The highest BCUT2D eigenvalue weighted by Gasteiger charge is 2.31. The van der Waals surface area contributed by atoms with E-state index in [0.717, 1.165) is 55.1 Å². The standard InChI is InChI=1S/C18H23N3O3S/c1-2-23-18(22)12-6-5-7-14-16(12)19-17(25-14)13-9-10-21(20-13)15-8-3-4-11-24-15/h9-10,12,15H,2-8,11H2,1H3. The fourth-order valence-electron chi connectivity index (χ4n) is 3.55. The smallest absolute Gasteiger partial charge is 0.315 e. The lowest BCUT2D eigenvalue weighted by atomic mass is 9.91. The van der Waals surface area contributed by atoms with Crippen molar-refractivity contribution in [1.82, 2.24) is 14.8 Å². The van der Waals surface area contributed by atoms with Crippen LogP contribution in [0.15, 0.2) is 12.3 Å². The van der Waals surface area contributed by atoms with E-state index in [-0.39, 0.29) is 18.1 Å². The van der Waals surface area contributed by atoms with Gasteiger partial charge in [-0.1, -0.05) is 0 Å². The van der Waals surface area contributed by atoms with Crippen LogP contribution in [0, 0.1) is 0 Å². The fourth-order valence-corrected chi connectivity index (χ4v) is 4.67. The summed E-state index contributed by atoms with van der Waals surface area (Å²) in [6.45, 7) is 3.05. The lowest BCUT2D eigenvalue weighted by Crippen LogP contribution is -2.20. The van der Waals surface area contributed by atoms with Crippen LogP contribution in [0.1, 0.15) is 61.7 Å². The first-order valence-corrected chi connectivity index (χ1v) is 9.91. The molecule has 2 aromatic rings. The van der Waals surface area contributed by atoms with E-state index in [1.807, 2.05) is 23.9 Å². The third-order valence-corrected chi connectivity index (χ3v) is 5.96. The third-order valence-electron chi connectivity index (χ3n) is 4.80. The zero-order valence-corrected chi connectivity index (χ0v) is 15.3. The van der Waals surface area contributed by atoms with Gasteiger partial charge in [-0.3, -0.25) is 4.79 Å². The molecule has 1 aliphatic heterocycles. The van der Waals surface area contributed by atoms with Gasteiger partial charge in [-0.2, -0.15) is 5.10 Å². The quantitative estimate of drug-likeness (QED) is 0.777. The summed E-state index contributed by atoms with van der Waals surface area (Å²) < 4.78 is 12.9. The Hall–Kier alpha value is -1.73. The number of nitrogens with zero attached hydrogens (tertiary/aromatic N) is 3. The zero-order valence-electron chi connectivity index (χ0n) is 14.4. The number of thiazole rings is 1. The Labute approximate surface area is 151 Å². The molecule has 25 heavy (non-hydrogen) atoms. The first-order valence-electron chi connectivity index (χ1n) is 9.09. The summed E-state index contributed by atoms with van der Waals surface area (Å²) in [5.74, 6) is -0.376. The molecule has 0 amide bonds. The van der Waals surface area contributed by atoms with Crippen molar-refractivity contribution in [3.8, 4) is 10.7 Å². The molecule has 0 N–H and O–H groups in total. The van der Waals surface area contributed by atoms with Crippen LogP contribution in [0.5, 0.6) is 0 Å². The predicted octanol–water partition coefficient (Wildman–Crippen LogP) is 3.69. The lowest BCUT2D eigenvalue weighted by Gasteiger charge is -2.22. The summed E-state index contributed by atoms with van der Waals surface area (Å²) in [6, 6.07) is 1.99. The molecule has 1 aliphatic carbocycles. The highest BCUT2D eigenvalue weighted by Crippen LogP contribution is 2.38. The predicted molar refractivity (Wildman–Crippen MR) is 94.5 cm³/mol. The molecule has 2 unspecified atom stereocenters. The van der Waals surface area contributed by atoms with Gasteiger partial charge in [0.1, 0.15) is 22.8 Å². The van der Waals surface area contributed by atoms with Crippen molar-refractivity contribution in [2.45, 2.75) is 57.6 Å². The normalized spacial score (nSPS) is 23.2. The first kappa shape index (κ1) is 16.7. The van der Waals surface area contributed by atoms with Gasteiger partial charge < -0.3 is 9.47 Å². The van der Waals surface area contributed by atoms with Gasteiger partial charge in [-0.05, 0) is 51.5 Å². The average Bonchev–Trinajstić information content (AvgIpc) is 3.29. The topological polar surface area (TPSA) is 66.2 Å². The Morgan fingerprint density at radius 2 is 2.32 bits per heavy atom. The maximum absolute atomic E-state index is 12.2. The van der Waals surface area contributed by atoms with Gasteiger partial charge in [0.05, 0.1) is 12.3 Å². The Morgan fingerprint density at radius 3 is 3.12 bits per heavy atom. The summed E-state index contributed by atoms with van der Waals surface area (Å²) >= 11 is 1.65. The van der Waals surface area contributed by atoms with Crippen LogP contribution in [0.3, 0.4) is 0 Å². The lowest BCUT2D eigenvalue weighted by molar-refractivity contribution is -0.145. The molecule has 1 saturated heterocycles. The minimum absolute atomic E-state index is 0.0318. The van der Waals surface area contributed by atoms with Gasteiger partial charge in [-0.25, -0.2) is 9.67 Å². The van der Waals surface area contributed by atoms with Gasteiger partial charge in [0, 0.05) is 17.7 Å². The molecular formula is C18H23N3O3S. The second-order valence-corrected chi connectivity index (χ2v) is 7.61. The molecule has 134 valence electrons. The van der Waals surface area contributed by atoms with E-state index < -0.39 is 0 Å². The van der Waals surface area contributed by atoms with Crippen LogP contribution in [-0.2, 0) is 20.7 Å². The molecular weight excluding hydrogens is 338 g/mol. The van der Waals surface area contributed by atoms with Crippen LogP contribution >= 0.6 is 11.3 Å². The van der Waals surface area contributed by atoms with Crippen molar-refractivity contribution in [1.29, 1.82) is 0 Å². The molecule has 2 aliphatic rings. The van der Waals surface area contributed by atoms with Crippen molar-refractivity contribution in [2.24, 2.45) is 0 Å². The summed E-state index contributed by atoms with van der Waals surface area (Å²) in [6.07, 6.45) is 8.10. The highest BCUT2D eigenvalue weighted by atomic mass is 32.1. The van der Waals surface area contributed by atoms with Crippen molar-refractivity contribution < 1.29 is 14.3 Å². The van der Waals surface area contributed by atoms with Crippen LogP contribution in [0.2, 0.25) is 0 Å². The van der Waals surface area contributed by atoms with E-state index in [1.54, 1.807) is 11.3 Å². The van der Waals surface area contributed by atoms with Crippen molar-refractivity contribution >= 4 is 17.3 Å². The van der Waals surface area contributed by atoms with Gasteiger partial charge in [-0.15, -0.1) is 11.3 Å². The molecule has 0 aromatic carbocycles. The number of aromatic nitrogens is 3. The average molecular weight is 361 g/mol. The molecule has 0 radical (unpaired) electrons. The van der Waals surface area contributed by atoms with E-state index in [1.165, 1.54) is 11.3 Å². The molecule has 4 rings (SSSR count). The monoisotopic (exact) mass is 361 g/mol. The number of hydrogen-bond acceptors (Lipinski definition) is 6. The Balaban J connectivity index is 1.58.